The van der Waals surface area contributed by atoms with Gasteiger partial charge in [-0.05, 0) is 35.9 Å². The molecular formula is C26H29N3O5. The molecule has 2 aromatic carbocycles. The second-order valence-corrected chi connectivity index (χ2v) is 7.60. The van der Waals surface area contributed by atoms with Gasteiger partial charge in [0.1, 0.15) is 17.0 Å². The maximum Gasteiger partial charge on any atom is 0.203 e. The standard InChI is InChI=1S/C26H29N3O5/c1-30-21-6-5-16(15-28-10-8-27)11-19(21)18-7-9-29-20-14-22(34-25(18)20)17-12-23(31-2)26(33-4)24(13-17)32-3/h5-7,9,11-14,28H,8,10,15,27H2,1-4H3. The molecule has 4 rings (SSSR count). The summed E-state index contributed by atoms with van der Waals surface area (Å²) in [5, 5.41) is 3.33. The van der Waals surface area contributed by atoms with E-state index < -0.39 is 0 Å². The SMILES string of the molecule is COc1ccc(CNCCN)cc1-c1ccnc2cc(-c3cc(OC)c(OC)c(OC)c3)oc12. The van der Waals surface area contributed by atoms with Gasteiger partial charge in [-0.3, -0.25) is 4.98 Å². The Kier molecular flexibility index (Phi) is 7.20. The summed E-state index contributed by atoms with van der Waals surface area (Å²) in [5.74, 6) is 3.00. The minimum Gasteiger partial charge on any atom is -0.496 e. The lowest BCUT2D eigenvalue weighted by Gasteiger charge is -2.13. The minimum absolute atomic E-state index is 0.522. The molecule has 0 bridgehead atoms. The van der Waals surface area contributed by atoms with E-state index in [-0.39, 0.29) is 0 Å². The van der Waals surface area contributed by atoms with Crippen LogP contribution in [0.25, 0.3) is 33.6 Å². The Labute approximate surface area is 198 Å². The van der Waals surface area contributed by atoms with Crippen molar-refractivity contribution in [2.75, 3.05) is 41.5 Å². The van der Waals surface area contributed by atoms with Gasteiger partial charge in [-0.25, -0.2) is 0 Å². The van der Waals surface area contributed by atoms with Crippen LogP contribution in [0.5, 0.6) is 23.0 Å². The molecule has 4 aromatic rings. The second kappa shape index (κ2) is 10.5. The number of aromatic nitrogens is 1. The maximum atomic E-state index is 6.35. The summed E-state index contributed by atoms with van der Waals surface area (Å²) in [7, 11) is 6.40. The molecule has 0 fully saturated rings. The van der Waals surface area contributed by atoms with E-state index in [4.69, 9.17) is 29.1 Å². The van der Waals surface area contributed by atoms with E-state index in [0.717, 1.165) is 40.1 Å². The Morgan fingerprint density at radius 2 is 1.59 bits per heavy atom. The number of pyridine rings is 1. The number of fused-ring (bicyclic) bond motifs is 1. The highest BCUT2D eigenvalue weighted by Gasteiger charge is 2.19. The molecule has 34 heavy (non-hydrogen) atoms. The summed E-state index contributed by atoms with van der Waals surface area (Å²) in [6.07, 6.45) is 1.77. The van der Waals surface area contributed by atoms with Crippen molar-refractivity contribution in [1.29, 1.82) is 0 Å². The third kappa shape index (κ3) is 4.50. The summed E-state index contributed by atoms with van der Waals surface area (Å²) < 4.78 is 28.4. The van der Waals surface area contributed by atoms with E-state index in [2.05, 4.69) is 16.4 Å². The van der Waals surface area contributed by atoms with Crippen LogP contribution in [0.4, 0.5) is 0 Å². The quantitative estimate of drug-likeness (QED) is 0.337. The Hall–Kier alpha value is -3.75. The molecule has 0 saturated heterocycles. The average molecular weight is 464 g/mol. The van der Waals surface area contributed by atoms with E-state index in [1.807, 2.05) is 36.4 Å². The number of nitrogens with zero attached hydrogens (tertiary/aromatic N) is 1. The molecule has 0 aliphatic rings. The zero-order valence-corrected chi connectivity index (χ0v) is 19.8. The third-order valence-electron chi connectivity index (χ3n) is 5.57. The number of rotatable bonds is 10. The Morgan fingerprint density at radius 1 is 0.853 bits per heavy atom. The number of nitrogens with one attached hydrogen (secondary N) is 1. The zero-order chi connectivity index (χ0) is 24.1. The third-order valence-corrected chi connectivity index (χ3v) is 5.57. The fraction of sp³-hybridized carbons (Fsp3) is 0.269. The van der Waals surface area contributed by atoms with Gasteiger partial charge in [0.05, 0.1) is 28.4 Å². The zero-order valence-electron chi connectivity index (χ0n) is 19.8. The van der Waals surface area contributed by atoms with Gasteiger partial charge < -0.3 is 34.4 Å². The number of hydrogen-bond donors (Lipinski definition) is 2. The van der Waals surface area contributed by atoms with Gasteiger partial charge in [0.25, 0.3) is 0 Å². The topological polar surface area (TPSA) is 101 Å². The molecule has 2 heterocycles. The number of hydrogen-bond acceptors (Lipinski definition) is 8. The summed E-state index contributed by atoms with van der Waals surface area (Å²) in [6.45, 7) is 2.04. The fourth-order valence-corrected chi connectivity index (χ4v) is 3.93. The van der Waals surface area contributed by atoms with Crippen LogP contribution in [0, 0.1) is 0 Å². The number of benzene rings is 2. The first-order valence-corrected chi connectivity index (χ1v) is 10.9. The van der Waals surface area contributed by atoms with Crippen molar-refractivity contribution in [3.8, 4) is 45.4 Å². The summed E-state index contributed by atoms with van der Waals surface area (Å²) in [5.41, 5.74) is 10.7. The van der Waals surface area contributed by atoms with Crippen molar-refractivity contribution in [2.24, 2.45) is 5.73 Å². The van der Waals surface area contributed by atoms with E-state index in [1.165, 1.54) is 0 Å². The fourth-order valence-electron chi connectivity index (χ4n) is 3.93. The first-order valence-electron chi connectivity index (χ1n) is 10.9. The largest absolute Gasteiger partial charge is 0.496 e. The van der Waals surface area contributed by atoms with Gasteiger partial charge in [-0.1, -0.05) is 6.07 Å². The summed E-state index contributed by atoms with van der Waals surface area (Å²) in [6, 6.07) is 13.6. The van der Waals surface area contributed by atoms with Crippen molar-refractivity contribution < 1.29 is 23.4 Å². The number of ether oxygens (including phenoxy) is 4. The van der Waals surface area contributed by atoms with Crippen molar-refractivity contribution in [2.45, 2.75) is 6.54 Å². The molecule has 0 radical (unpaired) electrons. The van der Waals surface area contributed by atoms with Crippen LogP contribution < -0.4 is 30.0 Å². The molecule has 3 N–H and O–H groups in total. The molecule has 178 valence electrons. The lowest BCUT2D eigenvalue weighted by atomic mass is 10.0. The highest BCUT2D eigenvalue weighted by molar-refractivity contribution is 5.94. The lowest BCUT2D eigenvalue weighted by molar-refractivity contribution is 0.324. The monoisotopic (exact) mass is 463 g/mol. The molecule has 0 aliphatic heterocycles. The second-order valence-electron chi connectivity index (χ2n) is 7.60. The predicted octanol–water partition coefficient (Wildman–Crippen LogP) is 4.24. The molecule has 0 aliphatic carbocycles. The van der Waals surface area contributed by atoms with Crippen LogP contribution in [0.3, 0.4) is 0 Å². The van der Waals surface area contributed by atoms with Crippen molar-refractivity contribution in [1.82, 2.24) is 10.3 Å². The first-order chi connectivity index (χ1) is 16.6. The highest BCUT2D eigenvalue weighted by atomic mass is 16.5. The Balaban J connectivity index is 1.82. The predicted molar refractivity (Wildman–Crippen MR) is 132 cm³/mol. The van der Waals surface area contributed by atoms with Crippen LogP contribution in [-0.2, 0) is 6.54 Å². The van der Waals surface area contributed by atoms with Gasteiger partial charge in [0.15, 0.2) is 17.1 Å². The first kappa shape index (κ1) is 23.4. The molecule has 0 amide bonds. The van der Waals surface area contributed by atoms with Crippen LogP contribution in [0.1, 0.15) is 5.56 Å². The van der Waals surface area contributed by atoms with Crippen LogP contribution >= 0.6 is 0 Å². The van der Waals surface area contributed by atoms with Gasteiger partial charge in [0, 0.05) is 48.6 Å². The van der Waals surface area contributed by atoms with E-state index in [9.17, 15) is 0 Å². The van der Waals surface area contributed by atoms with Crippen LogP contribution in [-0.4, -0.2) is 46.5 Å². The highest BCUT2D eigenvalue weighted by Crippen LogP contribution is 2.43. The van der Waals surface area contributed by atoms with E-state index in [0.29, 0.717) is 41.7 Å². The summed E-state index contributed by atoms with van der Waals surface area (Å²) >= 11 is 0. The maximum absolute atomic E-state index is 6.35. The normalized spacial score (nSPS) is 11.0. The van der Waals surface area contributed by atoms with Crippen LogP contribution in [0.15, 0.2) is 53.1 Å². The van der Waals surface area contributed by atoms with Gasteiger partial charge in [-0.2, -0.15) is 0 Å². The number of nitrogens with two attached hydrogens (primary N) is 1. The lowest BCUT2D eigenvalue weighted by Crippen LogP contribution is -2.21. The van der Waals surface area contributed by atoms with E-state index in [1.54, 1.807) is 34.6 Å². The van der Waals surface area contributed by atoms with Crippen molar-refractivity contribution >= 4 is 11.1 Å². The number of methoxy groups -OCH3 is 4. The molecule has 0 spiro atoms. The Morgan fingerprint density at radius 3 is 2.24 bits per heavy atom. The molecule has 0 saturated carbocycles. The molecular weight excluding hydrogens is 434 g/mol. The van der Waals surface area contributed by atoms with Gasteiger partial charge in [0.2, 0.25) is 5.75 Å². The smallest absolute Gasteiger partial charge is 0.203 e. The Bertz CT molecular complexity index is 1260. The summed E-state index contributed by atoms with van der Waals surface area (Å²) in [4.78, 5) is 4.52. The molecule has 2 aromatic heterocycles. The molecule has 8 nitrogen and oxygen atoms in total. The average Bonchev–Trinajstić information content (AvgIpc) is 3.32. The molecule has 0 unspecified atom stereocenters. The van der Waals surface area contributed by atoms with Crippen molar-refractivity contribution in [3.63, 3.8) is 0 Å². The number of furan rings is 1. The van der Waals surface area contributed by atoms with Crippen LogP contribution in [0.2, 0.25) is 0 Å². The van der Waals surface area contributed by atoms with E-state index >= 15 is 0 Å². The van der Waals surface area contributed by atoms with Gasteiger partial charge in [-0.15, -0.1) is 0 Å². The molecule has 8 heteroatoms. The van der Waals surface area contributed by atoms with Gasteiger partial charge >= 0.3 is 0 Å². The van der Waals surface area contributed by atoms with Crippen molar-refractivity contribution in [3.05, 3.63) is 54.2 Å². The minimum atomic E-state index is 0.522. The molecule has 0 atom stereocenters.